The lowest BCUT2D eigenvalue weighted by Crippen LogP contribution is -2.13. The molecule has 0 heterocycles. The number of hydrogen-bond acceptors (Lipinski definition) is 4. The zero-order valence-electron chi connectivity index (χ0n) is 14.7. The van der Waals surface area contributed by atoms with E-state index in [-0.39, 0.29) is 5.57 Å². The summed E-state index contributed by atoms with van der Waals surface area (Å²) in [6.07, 6.45) is 3.95. The molecule has 0 aliphatic heterocycles. The molecule has 6 heteroatoms. The number of ether oxygens (including phenoxy) is 2. The van der Waals surface area contributed by atoms with Gasteiger partial charge in [-0.3, -0.25) is 4.79 Å². The number of halogens is 1. The van der Waals surface area contributed by atoms with Crippen LogP contribution in [-0.2, 0) is 11.2 Å². The SMILES string of the molecule is C=CCc1ccccc1OCCOc1ccc(Br)cc1/C=C(\C#N)C(N)=O. The Labute approximate surface area is 166 Å². The van der Waals surface area contributed by atoms with E-state index in [1.54, 1.807) is 18.2 Å². The fourth-order valence-electron chi connectivity index (χ4n) is 2.35. The second-order valence-electron chi connectivity index (χ2n) is 5.51. The summed E-state index contributed by atoms with van der Waals surface area (Å²) in [7, 11) is 0. The molecule has 0 spiro atoms. The number of amides is 1. The second-order valence-corrected chi connectivity index (χ2v) is 6.43. The van der Waals surface area contributed by atoms with E-state index in [9.17, 15) is 4.79 Å². The Hall–Kier alpha value is -3.04. The van der Waals surface area contributed by atoms with Crippen molar-refractivity contribution in [3.8, 4) is 17.6 Å². The first kappa shape index (κ1) is 20.3. The molecule has 27 heavy (non-hydrogen) atoms. The molecule has 2 aromatic carbocycles. The van der Waals surface area contributed by atoms with Crippen LogP contribution in [0.5, 0.6) is 11.5 Å². The van der Waals surface area contributed by atoms with E-state index in [0.717, 1.165) is 22.2 Å². The molecular formula is C21H19BrN2O3. The number of hydrogen-bond donors (Lipinski definition) is 1. The molecule has 0 saturated heterocycles. The lowest BCUT2D eigenvalue weighted by molar-refractivity contribution is -0.114. The molecule has 0 aliphatic rings. The highest BCUT2D eigenvalue weighted by atomic mass is 79.9. The molecule has 0 fully saturated rings. The third-order valence-corrected chi connectivity index (χ3v) is 4.09. The summed E-state index contributed by atoms with van der Waals surface area (Å²) in [5.41, 5.74) is 6.68. The van der Waals surface area contributed by atoms with Gasteiger partial charge < -0.3 is 15.2 Å². The number of rotatable bonds is 9. The van der Waals surface area contributed by atoms with Gasteiger partial charge in [-0.15, -0.1) is 6.58 Å². The number of nitriles is 1. The highest BCUT2D eigenvalue weighted by Gasteiger charge is 2.09. The van der Waals surface area contributed by atoms with Crippen LogP contribution in [0.2, 0.25) is 0 Å². The average Bonchev–Trinajstić information content (AvgIpc) is 2.65. The predicted molar refractivity (Wildman–Crippen MR) is 108 cm³/mol. The van der Waals surface area contributed by atoms with Crippen LogP contribution >= 0.6 is 15.9 Å². The Kier molecular flexibility index (Phi) is 7.65. The van der Waals surface area contributed by atoms with Gasteiger partial charge in [0.05, 0.1) is 0 Å². The van der Waals surface area contributed by atoms with Crippen LogP contribution in [0.4, 0.5) is 0 Å². The van der Waals surface area contributed by atoms with Crippen molar-refractivity contribution in [1.29, 1.82) is 5.26 Å². The first-order chi connectivity index (χ1) is 13.0. The van der Waals surface area contributed by atoms with Crippen molar-refractivity contribution in [3.05, 3.63) is 76.3 Å². The van der Waals surface area contributed by atoms with Crippen LogP contribution < -0.4 is 15.2 Å². The first-order valence-electron chi connectivity index (χ1n) is 8.20. The van der Waals surface area contributed by atoms with E-state index in [0.29, 0.717) is 24.5 Å². The zero-order chi connectivity index (χ0) is 19.6. The first-order valence-corrected chi connectivity index (χ1v) is 9.00. The predicted octanol–water partition coefficient (Wildman–Crippen LogP) is 4.03. The van der Waals surface area contributed by atoms with Crippen LogP contribution in [-0.4, -0.2) is 19.1 Å². The highest BCUT2D eigenvalue weighted by molar-refractivity contribution is 9.10. The van der Waals surface area contributed by atoms with Crippen molar-refractivity contribution >= 4 is 27.9 Å². The summed E-state index contributed by atoms with van der Waals surface area (Å²) in [5.74, 6) is 0.526. The van der Waals surface area contributed by atoms with Crippen molar-refractivity contribution in [1.82, 2.24) is 0 Å². The van der Waals surface area contributed by atoms with Crippen LogP contribution in [0.1, 0.15) is 11.1 Å². The maximum Gasteiger partial charge on any atom is 0.259 e. The van der Waals surface area contributed by atoms with E-state index in [1.165, 1.54) is 6.08 Å². The third-order valence-electron chi connectivity index (χ3n) is 3.59. The summed E-state index contributed by atoms with van der Waals surface area (Å²) in [6.45, 7) is 4.38. The third kappa shape index (κ3) is 6.01. The number of primary amides is 1. The number of benzene rings is 2. The standard InChI is InChI=1S/C21H19BrN2O3/c1-2-5-15-6-3-4-7-19(15)26-10-11-27-20-9-8-18(22)13-16(20)12-17(14-23)21(24)25/h2-4,6-9,12-13H,1,5,10-11H2,(H2,24,25)/b17-12+. The Morgan fingerprint density at radius 1 is 1.19 bits per heavy atom. The van der Waals surface area contributed by atoms with Crippen LogP contribution in [0, 0.1) is 11.3 Å². The molecule has 0 bridgehead atoms. The molecule has 2 N–H and O–H groups in total. The van der Waals surface area contributed by atoms with Crippen LogP contribution in [0.25, 0.3) is 6.08 Å². The molecule has 2 rings (SSSR count). The maximum absolute atomic E-state index is 11.3. The van der Waals surface area contributed by atoms with Crippen molar-refractivity contribution in [2.24, 2.45) is 5.73 Å². The van der Waals surface area contributed by atoms with E-state index in [4.69, 9.17) is 20.5 Å². The van der Waals surface area contributed by atoms with Gasteiger partial charge in [0.1, 0.15) is 36.4 Å². The maximum atomic E-state index is 11.3. The fraction of sp³-hybridized carbons (Fsp3) is 0.143. The monoisotopic (exact) mass is 426 g/mol. The van der Waals surface area contributed by atoms with E-state index < -0.39 is 5.91 Å². The number of nitrogens with zero attached hydrogens (tertiary/aromatic N) is 1. The van der Waals surface area contributed by atoms with E-state index >= 15 is 0 Å². The van der Waals surface area contributed by atoms with Gasteiger partial charge in [0.2, 0.25) is 0 Å². The number of allylic oxidation sites excluding steroid dienone is 1. The average molecular weight is 427 g/mol. The highest BCUT2D eigenvalue weighted by Crippen LogP contribution is 2.26. The van der Waals surface area contributed by atoms with Crippen molar-refractivity contribution in [3.63, 3.8) is 0 Å². The molecule has 0 aliphatic carbocycles. The summed E-state index contributed by atoms with van der Waals surface area (Å²) >= 11 is 3.36. The van der Waals surface area contributed by atoms with Gasteiger partial charge in [-0.1, -0.05) is 40.2 Å². The van der Waals surface area contributed by atoms with Crippen molar-refractivity contribution in [2.75, 3.05) is 13.2 Å². The smallest absolute Gasteiger partial charge is 0.259 e. The van der Waals surface area contributed by atoms with Gasteiger partial charge in [0, 0.05) is 10.0 Å². The molecule has 0 radical (unpaired) electrons. The Morgan fingerprint density at radius 3 is 2.56 bits per heavy atom. The lowest BCUT2D eigenvalue weighted by Gasteiger charge is -2.13. The van der Waals surface area contributed by atoms with Gasteiger partial charge >= 0.3 is 0 Å². The molecule has 0 aromatic heterocycles. The Morgan fingerprint density at radius 2 is 1.89 bits per heavy atom. The van der Waals surface area contributed by atoms with Gasteiger partial charge in [0.25, 0.3) is 5.91 Å². The molecular weight excluding hydrogens is 408 g/mol. The van der Waals surface area contributed by atoms with Crippen LogP contribution in [0.15, 0.2) is 65.2 Å². The van der Waals surface area contributed by atoms with Gasteiger partial charge in [0.15, 0.2) is 0 Å². The van der Waals surface area contributed by atoms with Gasteiger partial charge in [-0.2, -0.15) is 5.26 Å². The normalized spacial score (nSPS) is 10.7. The number of nitrogens with two attached hydrogens (primary N) is 1. The van der Waals surface area contributed by atoms with Crippen molar-refractivity contribution < 1.29 is 14.3 Å². The second kappa shape index (κ2) is 10.2. The Balaban J connectivity index is 2.06. The van der Waals surface area contributed by atoms with Crippen LogP contribution in [0.3, 0.4) is 0 Å². The van der Waals surface area contributed by atoms with E-state index in [1.807, 2.05) is 36.4 Å². The number of carbonyl (C=O) groups excluding carboxylic acids is 1. The molecule has 0 atom stereocenters. The fourth-order valence-corrected chi connectivity index (χ4v) is 2.73. The van der Waals surface area contributed by atoms with E-state index in [2.05, 4.69) is 22.5 Å². The summed E-state index contributed by atoms with van der Waals surface area (Å²) in [6, 6.07) is 14.8. The molecule has 1 amide bonds. The van der Waals surface area contributed by atoms with Gasteiger partial charge in [-0.25, -0.2) is 0 Å². The molecule has 0 unspecified atom stereocenters. The lowest BCUT2D eigenvalue weighted by atomic mass is 10.1. The molecule has 0 saturated carbocycles. The zero-order valence-corrected chi connectivity index (χ0v) is 16.2. The molecule has 5 nitrogen and oxygen atoms in total. The summed E-state index contributed by atoms with van der Waals surface area (Å²) < 4.78 is 12.3. The summed E-state index contributed by atoms with van der Waals surface area (Å²) in [5, 5.41) is 9.03. The number of carbonyl (C=O) groups is 1. The van der Waals surface area contributed by atoms with Crippen molar-refractivity contribution in [2.45, 2.75) is 6.42 Å². The Bertz CT molecular complexity index is 901. The minimum atomic E-state index is -0.786. The quantitative estimate of drug-likeness (QED) is 0.284. The summed E-state index contributed by atoms with van der Waals surface area (Å²) in [4.78, 5) is 11.3. The topological polar surface area (TPSA) is 85.3 Å². The largest absolute Gasteiger partial charge is 0.490 e. The minimum absolute atomic E-state index is 0.146. The molecule has 138 valence electrons. The number of para-hydroxylation sites is 1. The molecule has 2 aromatic rings. The minimum Gasteiger partial charge on any atom is -0.490 e. The van der Waals surface area contributed by atoms with Gasteiger partial charge in [-0.05, 0) is 42.3 Å².